The molecule has 0 saturated carbocycles. The van der Waals surface area contributed by atoms with Crippen LogP contribution in [0.5, 0.6) is 0 Å². The molecule has 0 spiro atoms. The summed E-state index contributed by atoms with van der Waals surface area (Å²) in [6.07, 6.45) is 1.85. The molecule has 1 aromatic heterocycles. The monoisotopic (exact) mass is 421 g/mol. The first-order chi connectivity index (χ1) is 13.5. The molecule has 0 aliphatic carbocycles. The molecular formula is C23H26ClF2NO2. The van der Waals surface area contributed by atoms with Crippen molar-refractivity contribution in [2.75, 3.05) is 13.7 Å². The quantitative estimate of drug-likeness (QED) is 0.418. The van der Waals surface area contributed by atoms with E-state index in [1.165, 1.54) is 18.2 Å². The Bertz CT molecular complexity index is 875. The Hall–Kier alpha value is -2.21. The molecule has 0 fully saturated rings. The highest BCUT2D eigenvalue weighted by molar-refractivity contribution is 5.85. The van der Waals surface area contributed by atoms with Crippen molar-refractivity contribution in [3.8, 4) is 0 Å². The predicted octanol–water partition coefficient (Wildman–Crippen LogP) is 5.99. The fraction of sp³-hybridized carbons (Fsp3) is 0.304. The van der Waals surface area contributed by atoms with Gasteiger partial charge >= 0.3 is 0 Å². The van der Waals surface area contributed by atoms with E-state index in [-0.39, 0.29) is 30.3 Å². The molecule has 0 aliphatic heterocycles. The van der Waals surface area contributed by atoms with E-state index in [0.717, 1.165) is 22.5 Å². The van der Waals surface area contributed by atoms with Crippen molar-refractivity contribution < 1.29 is 18.0 Å². The van der Waals surface area contributed by atoms with Gasteiger partial charge in [-0.3, -0.25) is 0 Å². The van der Waals surface area contributed by atoms with Crippen molar-refractivity contribution in [2.45, 2.75) is 32.7 Å². The lowest BCUT2D eigenvalue weighted by molar-refractivity contribution is -0.145. The molecule has 1 heterocycles. The van der Waals surface area contributed by atoms with Gasteiger partial charge in [-0.1, -0.05) is 24.3 Å². The van der Waals surface area contributed by atoms with Crippen LogP contribution < -0.4 is 0 Å². The number of benzene rings is 2. The lowest BCUT2D eigenvalue weighted by Gasteiger charge is -2.28. The minimum Gasteiger partial charge on any atom is -0.468 e. The van der Waals surface area contributed by atoms with Crippen molar-refractivity contribution >= 4 is 12.4 Å². The summed E-state index contributed by atoms with van der Waals surface area (Å²) in [4.78, 5) is 5.54. The summed E-state index contributed by atoms with van der Waals surface area (Å²) in [7, 11) is 1.59. The molecule has 3 aromatic rings. The van der Waals surface area contributed by atoms with Gasteiger partial charge in [0.2, 0.25) is 0 Å². The second-order valence-corrected chi connectivity index (χ2v) is 6.99. The Labute approximate surface area is 176 Å². The minimum atomic E-state index is -0.522. The molecule has 2 aromatic carbocycles. The zero-order valence-corrected chi connectivity index (χ0v) is 17.6. The molecule has 3 nitrogen and oxygen atoms in total. The standard InChI is InChI=1S/C23H25F2NO2.ClH/c1-16-7-4-8-17(2)23(16)18(13-20-21(24)10-5-11-22(20)25)14-26(27-3)15-19-9-6-12-28-19;/h4-12,18H,13-15H2,1-3H3;1H. The topological polar surface area (TPSA) is 25.6 Å². The van der Waals surface area contributed by atoms with E-state index < -0.39 is 11.6 Å². The summed E-state index contributed by atoms with van der Waals surface area (Å²) < 4.78 is 34.1. The van der Waals surface area contributed by atoms with Gasteiger partial charge in [-0.15, -0.1) is 12.4 Å². The molecule has 0 amide bonds. The van der Waals surface area contributed by atoms with Gasteiger partial charge in [-0.05, 0) is 61.2 Å². The highest BCUT2D eigenvalue weighted by Gasteiger charge is 2.24. The van der Waals surface area contributed by atoms with E-state index in [9.17, 15) is 8.78 Å². The second kappa shape index (κ2) is 10.5. The maximum absolute atomic E-state index is 14.4. The molecular weight excluding hydrogens is 396 g/mol. The van der Waals surface area contributed by atoms with Crippen LogP contribution in [0.2, 0.25) is 0 Å². The van der Waals surface area contributed by atoms with Crippen LogP contribution in [-0.4, -0.2) is 18.7 Å². The zero-order chi connectivity index (χ0) is 20.1. The third kappa shape index (κ3) is 5.66. The third-order valence-electron chi connectivity index (χ3n) is 5.06. The first kappa shape index (κ1) is 23.1. The summed E-state index contributed by atoms with van der Waals surface area (Å²) >= 11 is 0. The Morgan fingerprint density at radius 1 is 0.966 bits per heavy atom. The highest BCUT2D eigenvalue weighted by atomic mass is 35.5. The SMILES string of the molecule is CON(Cc1ccco1)CC(Cc1c(F)cccc1F)c1c(C)cccc1C.Cl. The molecule has 0 aliphatic rings. The number of hydroxylamine groups is 2. The van der Waals surface area contributed by atoms with E-state index in [0.29, 0.717) is 13.1 Å². The lowest BCUT2D eigenvalue weighted by atomic mass is 9.85. The normalized spacial score (nSPS) is 12.1. The predicted molar refractivity (Wildman–Crippen MR) is 112 cm³/mol. The summed E-state index contributed by atoms with van der Waals surface area (Å²) in [5, 5.41) is 1.76. The van der Waals surface area contributed by atoms with Crippen molar-refractivity contribution in [3.63, 3.8) is 0 Å². The average Bonchev–Trinajstić information content (AvgIpc) is 3.16. The second-order valence-electron chi connectivity index (χ2n) is 6.99. The van der Waals surface area contributed by atoms with E-state index in [2.05, 4.69) is 0 Å². The maximum atomic E-state index is 14.4. The molecule has 0 saturated heterocycles. The van der Waals surface area contributed by atoms with Gasteiger partial charge in [0.05, 0.1) is 19.9 Å². The maximum Gasteiger partial charge on any atom is 0.129 e. The Morgan fingerprint density at radius 2 is 1.59 bits per heavy atom. The Balaban J connectivity index is 0.00000300. The molecule has 1 atom stereocenters. The minimum absolute atomic E-state index is 0. The zero-order valence-electron chi connectivity index (χ0n) is 16.8. The van der Waals surface area contributed by atoms with Crippen LogP contribution in [0.15, 0.2) is 59.2 Å². The van der Waals surface area contributed by atoms with E-state index in [4.69, 9.17) is 9.25 Å². The number of hydrogen-bond donors (Lipinski definition) is 0. The van der Waals surface area contributed by atoms with E-state index >= 15 is 0 Å². The van der Waals surface area contributed by atoms with Crippen molar-refractivity contribution in [2.24, 2.45) is 0 Å². The summed E-state index contributed by atoms with van der Waals surface area (Å²) in [6, 6.07) is 13.7. The number of nitrogens with zero attached hydrogens (tertiary/aromatic N) is 1. The van der Waals surface area contributed by atoms with Crippen LogP contribution in [-0.2, 0) is 17.8 Å². The fourth-order valence-electron chi connectivity index (χ4n) is 3.73. The molecule has 6 heteroatoms. The van der Waals surface area contributed by atoms with Gasteiger partial charge < -0.3 is 9.25 Å². The lowest BCUT2D eigenvalue weighted by Crippen LogP contribution is -2.29. The fourth-order valence-corrected chi connectivity index (χ4v) is 3.73. The Kier molecular flexibility index (Phi) is 8.38. The average molecular weight is 422 g/mol. The number of halogens is 3. The smallest absolute Gasteiger partial charge is 0.129 e. The van der Waals surface area contributed by atoms with Crippen LogP contribution >= 0.6 is 12.4 Å². The van der Waals surface area contributed by atoms with Crippen LogP contribution in [0.1, 0.15) is 33.9 Å². The van der Waals surface area contributed by atoms with Crippen LogP contribution in [0.25, 0.3) is 0 Å². The first-order valence-electron chi connectivity index (χ1n) is 9.30. The van der Waals surface area contributed by atoms with Crippen molar-refractivity contribution in [3.05, 3.63) is 94.4 Å². The largest absolute Gasteiger partial charge is 0.468 e. The summed E-state index contributed by atoms with van der Waals surface area (Å²) in [6.45, 7) is 4.97. The molecule has 0 radical (unpaired) electrons. The third-order valence-corrected chi connectivity index (χ3v) is 5.06. The van der Waals surface area contributed by atoms with Gasteiger partial charge in [-0.25, -0.2) is 8.78 Å². The van der Waals surface area contributed by atoms with Gasteiger partial charge in [0.1, 0.15) is 17.4 Å². The molecule has 29 heavy (non-hydrogen) atoms. The van der Waals surface area contributed by atoms with Crippen LogP contribution in [0.4, 0.5) is 8.78 Å². The summed E-state index contributed by atoms with van der Waals surface area (Å²) in [5.41, 5.74) is 3.38. The molecule has 3 rings (SSSR count). The molecule has 0 N–H and O–H groups in total. The Morgan fingerprint density at radius 3 is 2.14 bits per heavy atom. The van der Waals surface area contributed by atoms with Crippen LogP contribution in [0.3, 0.4) is 0 Å². The first-order valence-corrected chi connectivity index (χ1v) is 9.30. The van der Waals surface area contributed by atoms with Gasteiger partial charge in [0, 0.05) is 18.0 Å². The van der Waals surface area contributed by atoms with Gasteiger partial charge in [0.15, 0.2) is 0 Å². The molecule has 1 unspecified atom stereocenters. The number of furan rings is 1. The van der Waals surface area contributed by atoms with E-state index in [1.807, 2.05) is 44.2 Å². The van der Waals surface area contributed by atoms with Crippen LogP contribution in [0, 0.1) is 25.5 Å². The molecule has 0 bridgehead atoms. The van der Waals surface area contributed by atoms with E-state index in [1.54, 1.807) is 18.4 Å². The number of rotatable bonds is 8. The molecule has 156 valence electrons. The summed E-state index contributed by atoms with van der Waals surface area (Å²) in [5.74, 6) is -0.431. The van der Waals surface area contributed by atoms with Gasteiger partial charge in [0.25, 0.3) is 0 Å². The number of hydrogen-bond acceptors (Lipinski definition) is 3. The van der Waals surface area contributed by atoms with Crippen molar-refractivity contribution in [1.82, 2.24) is 5.06 Å². The highest BCUT2D eigenvalue weighted by Crippen LogP contribution is 2.30. The number of aryl methyl sites for hydroxylation is 2. The van der Waals surface area contributed by atoms with Gasteiger partial charge in [-0.2, -0.15) is 5.06 Å². The van der Waals surface area contributed by atoms with Crippen molar-refractivity contribution in [1.29, 1.82) is 0 Å².